The van der Waals surface area contributed by atoms with E-state index in [1.165, 1.54) is 19.3 Å². The molecule has 1 aromatic rings. The zero-order valence-corrected chi connectivity index (χ0v) is 12.2. The summed E-state index contributed by atoms with van der Waals surface area (Å²) in [4.78, 5) is 8.00. The van der Waals surface area contributed by atoms with Gasteiger partial charge in [0, 0.05) is 0 Å². The van der Waals surface area contributed by atoms with E-state index in [0.29, 0.717) is 0 Å². The maximum absolute atomic E-state index is 8.00. The maximum Gasteiger partial charge on any atom is 0.119 e. The molecule has 0 N–H and O–H groups in total. The van der Waals surface area contributed by atoms with Crippen molar-refractivity contribution in [3.05, 3.63) is 24.3 Å². The van der Waals surface area contributed by atoms with Crippen molar-refractivity contribution in [3.8, 4) is 11.5 Å². The van der Waals surface area contributed by atoms with Gasteiger partial charge in [-0.1, -0.05) is 33.1 Å². The van der Waals surface area contributed by atoms with Crippen LogP contribution in [0.25, 0.3) is 0 Å². The van der Waals surface area contributed by atoms with Crippen LogP contribution >= 0.6 is 0 Å². The number of ether oxygens (including phenoxy) is 2. The Bertz CT molecular complexity index is 295. The molecule has 0 heterocycles. The third-order valence-corrected chi connectivity index (χ3v) is 2.56. The zero-order valence-electron chi connectivity index (χ0n) is 12.2. The second-order valence-corrected chi connectivity index (χ2v) is 4.23. The van der Waals surface area contributed by atoms with Crippen molar-refractivity contribution >= 4 is 6.79 Å². The molecule has 1 aromatic carbocycles. The second kappa shape index (κ2) is 12.9. The fraction of sp³-hybridized carbons (Fsp3) is 0.562. The monoisotopic (exact) mass is 266 g/mol. The third-order valence-electron chi connectivity index (χ3n) is 2.56. The predicted octanol–water partition coefficient (Wildman–Crippen LogP) is 4.25. The van der Waals surface area contributed by atoms with Crippen molar-refractivity contribution in [3.63, 3.8) is 0 Å². The average Bonchev–Trinajstić information content (AvgIpc) is 2.48. The van der Waals surface area contributed by atoms with Crippen molar-refractivity contribution in [2.45, 2.75) is 46.0 Å². The van der Waals surface area contributed by atoms with E-state index in [2.05, 4.69) is 13.8 Å². The van der Waals surface area contributed by atoms with Crippen LogP contribution in [0.3, 0.4) is 0 Å². The number of carbonyl (C=O) groups excluding carboxylic acids is 1. The number of unbranched alkanes of at least 4 members (excludes halogenated alkanes) is 3. The van der Waals surface area contributed by atoms with Crippen molar-refractivity contribution < 1.29 is 14.3 Å². The van der Waals surface area contributed by atoms with Crippen LogP contribution in [0, 0.1) is 0 Å². The summed E-state index contributed by atoms with van der Waals surface area (Å²) in [7, 11) is 0. The molecule has 19 heavy (non-hydrogen) atoms. The Morgan fingerprint density at radius 2 is 1.32 bits per heavy atom. The molecular weight excluding hydrogens is 240 g/mol. The summed E-state index contributed by atoms with van der Waals surface area (Å²) in [6, 6.07) is 7.89. The number of hydrogen-bond donors (Lipinski definition) is 0. The minimum absolute atomic E-state index is 0.775. The fourth-order valence-electron chi connectivity index (χ4n) is 1.57. The highest BCUT2D eigenvalue weighted by atomic mass is 16.5. The molecule has 3 heteroatoms. The topological polar surface area (TPSA) is 35.5 Å². The molecule has 108 valence electrons. The van der Waals surface area contributed by atoms with Gasteiger partial charge in [-0.2, -0.15) is 0 Å². The van der Waals surface area contributed by atoms with Gasteiger partial charge in [-0.25, -0.2) is 0 Å². The SMILES string of the molecule is C=O.CCCCCCOc1ccc(OCCC)cc1. The summed E-state index contributed by atoms with van der Waals surface area (Å²) < 4.78 is 11.2. The van der Waals surface area contributed by atoms with Crippen LogP contribution in [-0.2, 0) is 4.79 Å². The molecule has 0 radical (unpaired) electrons. The normalized spacial score (nSPS) is 9.37. The highest BCUT2D eigenvalue weighted by Crippen LogP contribution is 2.18. The summed E-state index contributed by atoms with van der Waals surface area (Å²) >= 11 is 0. The maximum atomic E-state index is 8.00. The Labute approximate surface area is 116 Å². The molecule has 1 rings (SSSR count). The second-order valence-electron chi connectivity index (χ2n) is 4.23. The van der Waals surface area contributed by atoms with Gasteiger partial charge < -0.3 is 14.3 Å². The van der Waals surface area contributed by atoms with Gasteiger partial charge in [0.1, 0.15) is 18.3 Å². The van der Waals surface area contributed by atoms with Gasteiger partial charge in [0.05, 0.1) is 13.2 Å². The summed E-state index contributed by atoms with van der Waals surface area (Å²) in [5, 5.41) is 0. The molecule has 0 bridgehead atoms. The summed E-state index contributed by atoms with van der Waals surface area (Å²) in [5.74, 6) is 1.86. The zero-order chi connectivity index (χ0) is 14.3. The first-order valence-corrected chi connectivity index (χ1v) is 7.01. The Kier molecular flexibility index (Phi) is 11.9. The van der Waals surface area contributed by atoms with Crippen LogP contribution < -0.4 is 9.47 Å². The van der Waals surface area contributed by atoms with Crippen LogP contribution in [0.4, 0.5) is 0 Å². The van der Waals surface area contributed by atoms with E-state index >= 15 is 0 Å². The van der Waals surface area contributed by atoms with E-state index in [1.54, 1.807) is 0 Å². The van der Waals surface area contributed by atoms with Gasteiger partial charge in [-0.15, -0.1) is 0 Å². The van der Waals surface area contributed by atoms with E-state index in [4.69, 9.17) is 14.3 Å². The van der Waals surface area contributed by atoms with Crippen LogP contribution in [-0.4, -0.2) is 20.0 Å². The molecule has 0 aromatic heterocycles. The van der Waals surface area contributed by atoms with Gasteiger partial charge in [-0.05, 0) is 37.1 Å². The van der Waals surface area contributed by atoms with E-state index < -0.39 is 0 Å². The molecule has 0 saturated heterocycles. The molecule has 3 nitrogen and oxygen atoms in total. The Morgan fingerprint density at radius 1 is 0.789 bits per heavy atom. The standard InChI is InChI=1S/C15H24O2.CH2O/c1-3-5-6-7-13-17-15-10-8-14(9-11-15)16-12-4-2;1-2/h8-11H,3-7,12-13H2,1-2H3;1H2. The van der Waals surface area contributed by atoms with Gasteiger partial charge in [0.25, 0.3) is 0 Å². The van der Waals surface area contributed by atoms with Crippen molar-refractivity contribution in [1.29, 1.82) is 0 Å². The Hall–Kier alpha value is -1.51. The summed E-state index contributed by atoms with van der Waals surface area (Å²) in [6.45, 7) is 7.91. The van der Waals surface area contributed by atoms with E-state index in [0.717, 1.165) is 37.6 Å². The average molecular weight is 266 g/mol. The van der Waals surface area contributed by atoms with Gasteiger partial charge in [-0.3, -0.25) is 0 Å². The lowest BCUT2D eigenvalue weighted by molar-refractivity contribution is -0.0979. The lowest BCUT2D eigenvalue weighted by atomic mass is 10.2. The van der Waals surface area contributed by atoms with Gasteiger partial charge in [0.2, 0.25) is 0 Å². The van der Waals surface area contributed by atoms with E-state index in [-0.39, 0.29) is 0 Å². The lowest BCUT2D eigenvalue weighted by Gasteiger charge is -2.08. The highest BCUT2D eigenvalue weighted by molar-refractivity contribution is 5.31. The smallest absolute Gasteiger partial charge is 0.119 e. The van der Waals surface area contributed by atoms with Crippen LogP contribution in [0.2, 0.25) is 0 Å². The molecule has 0 aliphatic heterocycles. The fourth-order valence-corrected chi connectivity index (χ4v) is 1.57. The van der Waals surface area contributed by atoms with E-state index in [1.807, 2.05) is 31.1 Å². The first-order valence-electron chi connectivity index (χ1n) is 7.01. The number of rotatable bonds is 9. The van der Waals surface area contributed by atoms with Crippen molar-refractivity contribution in [1.82, 2.24) is 0 Å². The minimum atomic E-state index is 0.775. The molecule has 0 amide bonds. The molecule has 0 aliphatic rings. The predicted molar refractivity (Wildman–Crippen MR) is 79.0 cm³/mol. The van der Waals surface area contributed by atoms with Crippen LogP contribution in [0.5, 0.6) is 11.5 Å². The van der Waals surface area contributed by atoms with Crippen LogP contribution in [0.1, 0.15) is 46.0 Å². The molecule has 0 saturated carbocycles. The van der Waals surface area contributed by atoms with Crippen LogP contribution in [0.15, 0.2) is 24.3 Å². The van der Waals surface area contributed by atoms with E-state index in [9.17, 15) is 0 Å². The lowest BCUT2D eigenvalue weighted by Crippen LogP contribution is -1.98. The Morgan fingerprint density at radius 3 is 1.79 bits per heavy atom. The quantitative estimate of drug-likeness (QED) is 0.627. The number of benzene rings is 1. The number of hydrogen-bond acceptors (Lipinski definition) is 3. The molecule has 0 spiro atoms. The Balaban J connectivity index is 0.00000154. The molecule has 0 aliphatic carbocycles. The molecule has 0 atom stereocenters. The highest BCUT2D eigenvalue weighted by Gasteiger charge is 1.96. The van der Waals surface area contributed by atoms with Crippen molar-refractivity contribution in [2.24, 2.45) is 0 Å². The third kappa shape index (κ3) is 9.11. The van der Waals surface area contributed by atoms with Crippen molar-refractivity contribution in [2.75, 3.05) is 13.2 Å². The number of carbonyl (C=O) groups is 1. The van der Waals surface area contributed by atoms with Gasteiger partial charge >= 0.3 is 0 Å². The van der Waals surface area contributed by atoms with Gasteiger partial charge in [0.15, 0.2) is 0 Å². The first-order chi connectivity index (χ1) is 9.36. The summed E-state index contributed by atoms with van der Waals surface area (Å²) in [6.07, 6.45) is 6.00. The molecule has 0 fully saturated rings. The first kappa shape index (κ1) is 17.5. The largest absolute Gasteiger partial charge is 0.494 e. The molecular formula is C16H26O3. The minimum Gasteiger partial charge on any atom is -0.494 e. The summed E-state index contributed by atoms with van der Waals surface area (Å²) in [5.41, 5.74) is 0. The molecule has 0 unspecified atom stereocenters.